The van der Waals surface area contributed by atoms with Crippen LogP contribution in [0, 0.1) is 0 Å². The molecule has 146 valence electrons. The fraction of sp³-hybridized carbons (Fsp3) is 0.389. The molecule has 0 aliphatic carbocycles. The number of sulfonamides is 1. The van der Waals surface area contributed by atoms with Crippen LogP contribution in [0.2, 0.25) is 0 Å². The molecule has 2 aromatic rings. The zero-order valence-corrected chi connectivity index (χ0v) is 15.4. The second kappa shape index (κ2) is 7.95. The third kappa shape index (κ3) is 4.66. The van der Waals surface area contributed by atoms with Crippen molar-refractivity contribution in [2.24, 2.45) is 0 Å². The average Bonchev–Trinajstić information content (AvgIpc) is 2.88. The van der Waals surface area contributed by atoms with Crippen molar-refractivity contribution >= 4 is 10.0 Å². The maximum Gasteiger partial charge on any atom is 0.417 e. The highest BCUT2D eigenvalue weighted by molar-refractivity contribution is 7.89. The predicted molar refractivity (Wildman–Crippen MR) is 94.3 cm³/mol. The number of rotatable bonds is 4. The summed E-state index contributed by atoms with van der Waals surface area (Å²) in [5, 5.41) is 0. The molecule has 1 aliphatic heterocycles. The summed E-state index contributed by atoms with van der Waals surface area (Å²) in [7, 11) is -4.22. The summed E-state index contributed by atoms with van der Waals surface area (Å²) in [4.78, 5) is 5.46. The summed E-state index contributed by atoms with van der Waals surface area (Å²) in [6, 6.07) is 8.11. The van der Waals surface area contributed by atoms with E-state index in [0.29, 0.717) is 26.1 Å². The van der Waals surface area contributed by atoms with Gasteiger partial charge in [0.25, 0.3) is 0 Å². The van der Waals surface area contributed by atoms with Crippen LogP contribution in [-0.2, 0) is 22.7 Å². The highest BCUT2D eigenvalue weighted by Gasteiger charge is 2.39. The van der Waals surface area contributed by atoms with Crippen LogP contribution in [0.4, 0.5) is 13.2 Å². The number of halogens is 3. The third-order valence-corrected chi connectivity index (χ3v) is 6.44. The van der Waals surface area contributed by atoms with Crippen molar-refractivity contribution in [1.29, 1.82) is 0 Å². The lowest BCUT2D eigenvalue weighted by Crippen LogP contribution is -2.36. The van der Waals surface area contributed by atoms with Crippen LogP contribution in [0.1, 0.15) is 17.5 Å². The van der Waals surface area contributed by atoms with E-state index >= 15 is 0 Å². The number of hydrogen-bond acceptors (Lipinski definition) is 4. The lowest BCUT2D eigenvalue weighted by atomic mass is 10.2. The Morgan fingerprint density at radius 2 is 1.78 bits per heavy atom. The summed E-state index contributed by atoms with van der Waals surface area (Å²) >= 11 is 0. The first kappa shape index (κ1) is 19.8. The first-order valence-electron chi connectivity index (χ1n) is 8.56. The number of alkyl halides is 3. The minimum Gasteiger partial charge on any atom is -0.298 e. The Hall–Kier alpha value is -1.97. The minimum atomic E-state index is -4.72. The molecular weight excluding hydrogens is 379 g/mol. The number of hydrogen-bond donors (Lipinski definition) is 0. The second-order valence-corrected chi connectivity index (χ2v) is 8.30. The Morgan fingerprint density at radius 3 is 2.48 bits per heavy atom. The van der Waals surface area contributed by atoms with E-state index in [1.807, 2.05) is 12.1 Å². The molecule has 1 aromatic carbocycles. The molecule has 27 heavy (non-hydrogen) atoms. The summed E-state index contributed by atoms with van der Waals surface area (Å²) < 4.78 is 66.6. The van der Waals surface area contributed by atoms with Crippen molar-refractivity contribution in [2.45, 2.75) is 24.0 Å². The molecule has 1 saturated heterocycles. The van der Waals surface area contributed by atoms with Gasteiger partial charge in [-0.1, -0.05) is 18.2 Å². The van der Waals surface area contributed by atoms with Crippen molar-refractivity contribution in [1.82, 2.24) is 14.2 Å². The summed E-state index contributed by atoms with van der Waals surface area (Å²) in [6.45, 7) is 2.08. The van der Waals surface area contributed by atoms with E-state index in [1.54, 1.807) is 12.4 Å². The Bertz CT molecular complexity index is 873. The summed E-state index contributed by atoms with van der Waals surface area (Å²) in [6.07, 6.45) is -0.743. The van der Waals surface area contributed by atoms with Crippen LogP contribution < -0.4 is 0 Å². The van der Waals surface area contributed by atoms with Gasteiger partial charge < -0.3 is 0 Å². The van der Waals surface area contributed by atoms with Gasteiger partial charge in [0.15, 0.2) is 0 Å². The highest BCUT2D eigenvalue weighted by Crippen LogP contribution is 2.35. The molecule has 0 atom stereocenters. The lowest BCUT2D eigenvalue weighted by molar-refractivity contribution is -0.139. The van der Waals surface area contributed by atoms with Crippen LogP contribution in [0.15, 0.2) is 53.7 Å². The topological polar surface area (TPSA) is 53.5 Å². The fourth-order valence-corrected chi connectivity index (χ4v) is 4.84. The molecule has 3 rings (SSSR count). The molecule has 1 fully saturated rings. The molecule has 0 N–H and O–H groups in total. The normalized spacial score (nSPS) is 17.6. The Morgan fingerprint density at radius 1 is 1.00 bits per heavy atom. The van der Waals surface area contributed by atoms with E-state index in [0.717, 1.165) is 22.0 Å². The molecule has 0 spiro atoms. The molecule has 0 amide bonds. The lowest BCUT2D eigenvalue weighted by Gasteiger charge is -2.23. The first-order valence-corrected chi connectivity index (χ1v) is 10.00. The van der Waals surface area contributed by atoms with Crippen LogP contribution in [0.25, 0.3) is 0 Å². The predicted octanol–water partition coefficient (Wildman–Crippen LogP) is 3.00. The molecule has 9 heteroatoms. The number of benzene rings is 1. The van der Waals surface area contributed by atoms with Gasteiger partial charge in [0.1, 0.15) is 0 Å². The van der Waals surface area contributed by atoms with E-state index in [2.05, 4.69) is 9.88 Å². The zero-order chi connectivity index (χ0) is 19.5. The Labute approximate surface area is 156 Å². The monoisotopic (exact) mass is 399 g/mol. The summed E-state index contributed by atoms with van der Waals surface area (Å²) in [5.41, 5.74) is -0.113. The molecule has 2 heterocycles. The standard InChI is InChI=1S/C18H20F3N3O2S/c19-18(20,21)16-6-1-2-7-17(16)27(25,26)24-10-4-9-23(11-12-24)14-15-5-3-8-22-13-15/h1-3,5-8,13H,4,9-12,14H2. The Balaban J connectivity index is 1.77. The van der Waals surface area contributed by atoms with Gasteiger partial charge in [0.05, 0.1) is 10.5 Å². The molecule has 1 aliphatic rings. The van der Waals surface area contributed by atoms with Crippen LogP contribution >= 0.6 is 0 Å². The smallest absolute Gasteiger partial charge is 0.298 e. The molecule has 1 aromatic heterocycles. The van der Waals surface area contributed by atoms with Crippen LogP contribution in [0.3, 0.4) is 0 Å². The zero-order valence-electron chi connectivity index (χ0n) is 14.6. The van der Waals surface area contributed by atoms with Crippen molar-refractivity contribution in [2.75, 3.05) is 26.2 Å². The molecule has 0 saturated carbocycles. The van der Waals surface area contributed by atoms with Crippen LogP contribution in [0.5, 0.6) is 0 Å². The van der Waals surface area contributed by atoms with Gasteiger partial charge in [0.2, 0.25) is 10.0 Å². The van der Waals surface area contributed by atoms with Crippen molar-refractivity contribution in [3.8, 4) is 0 Å². The van der Waals surface area contributed by atoms with Gasteiger partial charge in [-0.15, -0.1) is 0 Å². The average molecular weight is 399 g/mol. The maximum atomic E-state index is 13.2. The van der Waals surface area contributed by atoms with E-state index in [4.69, 9.17) is 0 Å². The molecule has 0 radical (unpaired) electrons. The second-order valence-electron chi connectivity index (χ2n) is 6.39. The van der Waals surface area contributed by atoms with E-state index in [1.165, 1.54) is 12.1 Å². The SMILES string of the molecule is O=S(=O)(c1ccccc1C(F)(F)F)N1CCCN(Cc2cccnc2)CC1. The Kier molecular flexibility index (Phi) is 5.83. The third-order valence-electron chi connectivity index (χ3n) is 4.49. The molecular formula is C18H20F3N3O2S. The van der Waals surface area contributed by atoms with Gasteiger partial charge in [-0.05, 0) is 36.7 Å². The minimum absolute atomic E-state index is 0.148. The van der Waals surface area contributed by atoms with E-state index < -0.39 is 26.7 Å². The van der Waals surface area contributed by atoms with Crippen LogP contribution in [-0.4, -0.2) is 48.8 Å². The number of pyridine rings is 1. The first-order chi connectivity index (χ1) is 12.8. The van der Waals surface area contributed by atoms with Crippen molar-refractivity contribution in [3.63, 3.8) is 0 Å². The van der Waals surface area contributed by atoms with Gasteiger partial charge in [-0.3, -0.25) is 9.88 Å². The number of aromatic nitrogens is 1. The summed E-state index contributed by atoms with van der Waals surface area (Å²) in [5.74, 6) is 0. The van der Waals surface area contributed by atoms with Crippen molar-refractivity contribution in [3.05, 3.63) is 59.9 Å². The van der Waals surface area contributed by atoms with Gasteiger partial charge in [-0.2, -0.15) is 17.5 Å². The molecule has 5 nitrogen and oxygen atoms in total. The largest absolute Gasteiger partial charge is 0.417 e. The van der Waals surface area contributed by atoms with Gasteiger partial charge >= 0.3 is 6.18 Å². The van der Waals surface area contributed by atoms with Gasteiger partial charge in [-0.25, -0.2) is 8.42 Å². The molecule has 0 unspecified atom stereocenters. The quantitative estimate of drug-likeness (QED) is 0.793. The van der Waals surface area contributed by atoms with E-state index in [-0.39, 0.29) is 13.1 Å². The highest BCUT2D eigenvalue weighted by atomic mass is 32.2. The maximum absolute atomic E-state index is 13.2. The number of nitrogens with zero attached hydrogens (tertiary/aromatic N) is 3. The van der Waals surface area contributed by atoms with E-state index in [9.17, 15) is 21.6 Å². The van der Waals surface area contributed by atoms with Gasteiger partial charge in [0, 0.05) is 38.6 Å². The fourth-order valence-electron chi connectivity index (χ4n) is 3.16. The van der Waals surface area contributed by atoms with Crippen molar-refractivity contribution < 1.29 is 21.6 Å². The molecule has 0 bridgehead atoms.